The van der Waals surface area contributed by atoms with Crippen molar-refractivity contribution >= 4 is 34.5 Å². The lowest BCUT2D eigenvalue weighted by molar-refractivity contribution is 0.102. The maximum atomic E-state index is 13.2. The summed E-state index contributed by atoms with van der Waals surface area (Å²) in [5.41, 5.74) is 7.35. The number of anilines is 2. The summed E-state index contributed by atoms with van der Waals surface area (Å²) in [6.45, 7) is 6.04. The summed E-state index contributed by atoms with van der Waals surface area (Å²) in [4.78, 5) is 19.8. The molecule has 0 spiro atoms. The summed E-state index contributed by atoms with van der Waals surface area (Å²) in [6.07, 6.45) is 3.88. The van der Waals surface area contributed by atoms with E-state index in [4.69, 9.17) is 9.26 Å². The van der Waals surface area contributed by atoms with Gasteiger partial charge in [0.1, 0.15) is 0 Å². The van der Waals surface area contributed by atoms with Crippen molar-refractivity contribution in [1.82, 2.24) is 5.16 Å². The van der Waals surface area contributed by atoms with Crippen LogP contribution in [0.2, 0.25) is 0 Å². The lowest BCUT2D eigenvalue weighted by atomic mass is 9.92. The summed E-state index contributed by atoms with van der Waals surface area (Å²) >= 11 is 0. The molecule has 0 bridgehead atoms. The lowest BCUT2D eigenvalue weighted by Gasteiger charge is -2.29. The van der Waals surface area contributed by atoms with Crippen LogP contribution in [0, 0.1) is 6.92 Å². The number of rotatable bonds is 5. The smallest absolute Gasteiger partial charge is 0.255 e. The van der Waals surface area contributed by atoms with Gasteiger partial charge in [-0.2, -0.15) is 0 Å². The molecule has 37 heavy (non-hydrogen) atoms. The molecule has 1 saturated heterocycles. The molecule has 2 aliphatic heterocycles. The molecule has 0 aliphatic carbocycles. The van der Waals surface area contributed by atoms with Gasteiger partial charge in [-0.05, 0) is 85.1 Å². The predicted molar refractivity (Wildman–Crippen MR) is 147 cm³/mol. The van der Waals surface area contributed by atoms with Crippen molar-refractivity contribution in [3.63, 3.8) is 0 Å². The van der Waals surface area contributed by atoms with Gasteiger partial charge >= 0.3 is 0 Å². The fourth-order valence-electron chi connectivity index (χ4n) is 5.19. The summed E-state index contributed by atoms with van der Waals surface area (Å²) in [5.74, 6) is 0.211. The number of amides is 1. The number of carbonyl (C=O) groups is 1. The van der Waals surface area contributed by atoms with Crippen LogP contribution in [0.25, 0.3) is 22.1 Å². The van der Waals surface area contributed by atoms with Crippen LogP contribution in [0.3, 0.4) is 0 Å². The predicted octanol–water partition coefficient (Wildman–Crippen LogP) is 5.84. The maximum absolute atomic E-state index is 13.2. The van der Waals surface area contributed by atoms with Crippen LogP contribution in [-0.4, -0.2) is 50.1 Å². The lowest BCUT2D eigenvalue weighted by Crippen LogP contribution is -2.36. The topological polar surface area (TPSA) is 80.0 Å². The molecule has 1 aromatic heterocycles. The van der Waals surface area contributed by atoms with Crippen molar-refractivity contribution in [2.24, 2.45) is 4.99 Å². The number of carbonyl (C=O) groups excluding carboxylic acids is 1. The van der Waals surface area contributed by atoms with Gasteiger partial charge in [0.15, 0.2) is 5.58 Å². The van der Waals surface area contributed by atoms with Gasteiger partial charge in [0.05, 0.1) is 18.9 Å². The summed E-state index contributed by atoms with van der Waals surface area (Å²) < 4.78 is 11.2. The van der Waals surface area contributed by atoms with Crippen molar-refractivity contribution in [2.45, 2.75) is 25.7 Å². The fraction of sp³-hybridized carbons (Fsp3) is 0.300. The van der Waals surface area contributed by atoms with Crippen LogP contribution in [0.1, 0.15) is 40.4 Å². The van der Waals surface area contributed by atoms with Gasteiger partial charge in [-0.1, -0.05) is 23.4 Å². The zero-order valence-electron chi connectivity index (χ0n) is 20.9. The Morgan fingerprint density at radius 2 is 1.95 bits per heavy atom. The Balaban J connectivity index is 1.24. The van der Waals surface area contributed by atoms with E-state index in [9.17, 15) is 4.79 Å². The van der Waals surface area contributed by atoms with E-state index in [2.05, 4.69) is 45.5 Å². The highest BCUT2D eigenvalue weighted by Crippen LogP contribution is 2.34. The van der Waals surface area contributed by atoms with E-state index >= 15 is 0 Å². The average Bonchev–Trinajstić information content (AvgIpc) is 3.38. The van der Waals surface area contributed by atoms with E-state index < -0.39 is 0 Å². The second-order valence-electron chi connectivity index (χ2n) is 9.72. The number of aryl methyl sites for hydroxylation is 1. The van der Waals surface area contributed by atoms with E-state index in [0.717, 1.165) is 90.4 Å². The number of ether oxygens (including phenoxy) is 1. The normalized spacial score (nSPS) is 17.8. The van der Waals surface area contributed by atoms with Gasteiger partial charge < -0.3 is 19.5 Å². The third kappa shape index (κ3) is 4.87. The minimum atomic E-state index is -0.137. The molecule has 6 rings (SSSR count). The standard InChI is InChI=1S/C30H30N4O3/c1-20-5-6-23(30(35)32-24-3-2-4-25(19-24)34-13-15-36-16-14-34)17-27(20)22-7-8-26-28(18-22)37-33-29(26)21-9-11-31-12-10-21/h2-8,11,17-19,21H,9-10,12-16H2,1H3,(H,32,35)/t21-/m0/s1. The van der Waals surface area contributed by atoms with E-state index in [0.29, 0.717) is 11.5 Å². The van der Waals surface area contributed by atoms with Crippen LogP contribution in [0.5, 0.6) is 0 Å². The Morgan fingerprint density at radius 1 is 1.05 bits per heavy atom. The molecule has 3 aromatic carbocycles. The van der Waals surface area contributed by atoms with Crippen LogP contribution in [-0.2, 0) is 4.74 Å². The largest absolute Gasteiger partial charge is 0.378 e. The number of hydrogen-bond donors (Lipinski definition) is 1. The summed E-state index contributed by atoms with van der Waals surface area (Å²) in [5, 5.41) is 8.52. The van der Waals surface area contributed by atoms with Crippen LogP contribution < -0.4 is 10.2 Å². The average molecular weight is 495 g/mol. The highest BCUT2D eigenvalue weighted by Gasteiger charge is 2.21. The highest BCUT2D eigenvalue weighted by atomic mass is 16.5. The molecule has 3 heterocycles. The van der Waals surface area contributed by atoms with E-state index in [-0.39, 0.29) is 5.91 Å². The van der Waals surface area contributed by atoms with Gasteiger partial charge in [-0.3, -0.25) is 9.79 Å². The van der Waals surface area contributed by atoms with Gasteiger partial charge in [0.2, 0.25) is 0 Å². The number of hydrogen-bond acceptors (Lipinski definition) is 6. The summed E-state index contributed by atoms with van der Waals surface area (Å²) in [7, 11) is 0. The maximum Gasteiger partial charge on any atom is 0.255 e. The molecule has 2 aliphatic rings. The first-order valence-corrected chi connectivity index (χ1v) is 12.9. The van der Waals surface area contributed by atoms with E-state index in [1.54, 1.807) is 0 Å². The molecule has 1 atom stereocenters. The molecule has 7 heteroatoms. The summed E-state index contributed by atoms with van der Waals surface area (Å²) in [6, 6.07) is 20.0. The SMILES string of the molecule is Cc1ccc(C(=O)Nc2cccc(N3CCOCC3)c2)cc1-c1ccc2c([C@H]3CC=NCC3)noc2c1. The van der Waals surface area contributed by atoms with Crippen LogP contribution in [0.4, 0.5) is 11.4 Å². The molecule has 1 N–H and O–H groups in total. The van der Waals surface area contributed by atoms with Crippen LogP contribution >= 0.6 is 0 Å². The second-order valence-corrected chi connectivity index (χ2v) is 9.72. The minimum absolute atomic E-state index is 0.137. The highest BCUT2D eigenvalue weighted by molar-refractivity contribution is 6.05. The van der Waals surface area contributed by atoms with E-state index in [1.165, 1.54) is 0 Å². The molecule has 1 amide bonds. The van der Waals surface area contributed by atoms with Crippen LogP contribution in [0.15, 0.2) is 70.2 Å². The quantitative estimate of drug-likeness (QED) is 0.377. The molecule has 0 radical (unpaired) electrons. The van der Waals surface area contributed by atoms with Crippen molar-refractivity contribution < 1.29 is 14.1 Å². The Bertz CT molecular complexity index is 1470. The molecular weight excluding hydrogens is 464 g/mol. The van der Waals surface area contributed by atoms with Crippen molar-refractivity contribution in [2.75, 3.05) is 43.1 Å². The zero-order chi connectivity index (χ0) is 25.2. The number of nitrogens with one attached hydrogen (secondary N) is 1. The zero-order valence-corrected chi connectivity index (χ0v) is 20.9. The minimum Gasteiger partial charge on any atom is -0.378 e. The monoisotopic (exact) mass is 494 g/mol. The molecule has 0 saturated carbocycles. The molecule has 7 nitrogen and oxygen atoms in total. The Labute approximate surface area is 216 Å². The molecule has 188 valence electrons. The molecular formula is C30H30N4O3. The molecule has 4 aromatic rings. The Hall–Kier alpha value is -3.97. The number of benzene rings is 3. The Kier molecular flexibility index (Phi) is 6.45. The van der Waals surface area contributed by atoms with Gasteiger partial charge in [0.25, 0.3) is 5.91 Å². The number of morpholine rings is 1. The molecule has 1 fully saturated rings. The number of aromatic nitrogens is 1. The molecule has 0 unspecified atom stereocenters. The first-order chi connectivity index (χ1) is 18.2. The fourth-order valence-corrected chi connectivity index (χ4v) is 5.19. The second kappa shape index (κ2) is 10.2. The first kappa shape index (κ1) is 23.4. The van der Waals surface area contributed by atoms with E-state index in [1.807, 2.05) is 48.7 Å². The van der Waals surface area contributed by atoms with Gasteiger partial charge in [-0.25, -0.2) is 0 Å². The van der Waals surface area contributed by atoms with Crippen molar-refractivity contribution in [1.29, 1.82) is 0 Å². The number of fused-ring (bicyclic) bond motifs is 1. The third-order valence-electron chi connectivity index (χ3n) is 7.30. The van der Waals surface area contributed by atoms with Gasteiger partial charge in [0, 0.05) is 47.9 Å². The number of nitrogens with zero attached hydrogens (tertiary/aromatic N) is 3. The van der Waals surface area contributed by atoms with Gasteiger partial charge in [-0.15, -0.1) is 0 Å². The first-order valence-electron chi connectivity index (χ1n) is 12.9. The van der Waals surface area contributed by atoms with Crippen molar-refractivity contribution in [3.8, 4) is 11.1 Å². The van der Waals surface area contributed by atoms with Crippen molar-refractivity contribution in [3.05, 3.63) is 77.5 Å². The number of aliphatic imine (C=N–C) groups is 1. The Morgan fingerprint density at radius 3 is 2.78 bits per heavy atom. The third-order valence-corrected chi connectivity index (χ3v) is 7.30.